The fourth-order valence-corrected chi connectivity index (χ4v) is 1.21. The minimum Gasteiger partial charge on any atom is -0.356 e. The van der Waals surface area contributed by atoms with E-state index in [-0.39, 0.29) is 0 Å². The Hall–Kier alpha value is -1.66. The third-order valence-corrected chi connectivity index (χ3v) is 2.02. The van der Waals surface area contributed by atoms with Crippen molar-refractivity contribution in [2.24, 2.45) is 12.0 Å². The molecule has 0 unspecified atom stereocenters. The highest BCUT2D eigenvalue weighted by molar-refractivity contribution is 5.80. The molecular weight excluding hydrogens is 182 g/mol. The zero-order valence-electron chi connectivity index (χ0n) is 8.06. The minimum absolute atomic E-state index is 0.593. The number of nitrogens with zero attached hydrogens (tertiary/aromatic N) is 5. The summed E-state index contributed by atoms with van der Waals surface area (Å²) in [6.07, 6.45) is 1.09. The number of tetrazole rings is 1. The average molecular weight is 195 g/mol. The third kappa shape index (κ3) is 1.98. The number of hydrogen-bond acceptors (Lipinski definition) is 6. The van der Waals surface area contributed by atoms with E-state index in [4.69, 9.17) is 0 Å². The van der Waals surface area contributed by atoms with Crippen molar-refractivity contribution in [2.75, 3.05) is 13.1 Å². The van der Waals surface area contributed by atoms with Gasteiger partial charge in [-0.05, 0) is 16.8 Å². The second-order valence-electron chi connectivity index (χ2n) is 3.08. The summed E-state index contributed by atoms with van der Waals surface area (Å²) in [5, 5.41) is 17.4. The van der Waals surface area contributed by atoms with Gasteiger partial charge in [0.25, 0.3) is 0 Å². The normalized spacial score (nSPS) is 15.9. The van der Waals surface area contributed by atoms with Crippen molar-refractivity contribution < 1.29 is 0 Å². The van der Waals surface area contributed by atoms with E-state index in [0.717, 1.165) is 31.3 Å². The van der Waals surface area contributed by atoms with Crippen LogP contribution in [-0.2, 0) is 13.6 Å². The number of nitrogens with one attached hydrogen (secondary N) is 2. The molecule has 0 atom stereocenters. The molecule has 0 fully saturated rings. The summed E-state index contributed by atoms with van der Waals surface area (Å²) < 4.78 is 1.64. The highest BCUT2D eigenvalue weighted by Crippen LogP contribution is 1.90. The first-order chi connectivity index (χ1) is 6.86. The van der Waals surface area contributed by atoms with E-state index in [0.29, 0.717) is 6.54 Å². The molecular formula is C7H13N7. The lowest BCUT2D eigenvalue weighted by Crippen LogP contribution is -2.40. The van der Waals surface area contributed by atoms with E-state index in [1.54, 1.807) is 4.68 Å². The van der Waals surface area contributed by atoms with Gasteiger partial charge >= 0.3 is 0 Å². The van der Waals surface area contributed by atoms with Crippen molar-refractivity contribution in [3.8, 4) is 0 Å². The van der Waals surface area contributed by atoms with Crippen molar-refractivity contribution in [1.29, 1.82) is 0 Å². The Bertz CT molecular complexity index is 329. The van der Waals surface area contributed by atoms with Crippen LogP contribution in [-0.4, -0.2) is 39.3 Å². The maximum atomic E-state index is 4.28. The van der Waals surface area contributed by atoms with E-state index < -0.39 is 0 Å². The van der Waals surface area contributed by atoms with Crippen LogP contribution in [0.4, 0.5) is 0 Å². The van der Waals surface area contributed by atoms with E-state index >= 15 is 0 Å². The van der Waals surface area contributed by atoms with Gasteiger partial charge < -0.3 is 10.6 Å². The van der Waals surface area contributed by atoms with Gasteiger partial charge in [-0.2, -0.15) is 0 Å². The van der Waals surface area contributed by atoms with Crippen LogP contribution in [0.1, 0.15) is 12.2 Å². The smallest absolute Gasteiger partial charge is 0.191 e. The third-order valence-electron chi connectivity index (χ3n) is 2.02. The zero-order valence-corrected chi connectivity index (χ0v) is 8.06. The van der Waals surface area contributed by atoms with Gasteiger partial charge in [0.15, 0.2) is 11.8 Å². The van der Waals surface area contributed by atoms with Crippen molar-refractivity contribution >= 4 is 5.96 Å². The minimum atomic E-state index is 0.593. The summed E-state index contributed by atoms with van der Waals surface area (Å²) in [5.74, 6) is 1.62. The van der Waals surface area contributed by atoms with Gasteiger partial charge in [0, 0.05) is 20.1 Å². The molecule has 2 N–H and O–H groups in total. The molecule has 0 saturated heterocycles. The fourth-order valence-electron chi connectivity index (χ4n) is 1.21. The number of aliphatic imine (C=N–C) groups is 1. The molecule has 7 heteroatoms. The Balaban J connectivity index is 1.88. The zero-order chi connectivity index (χ0) is 9.80. The summed E-state index contributed by atoms with van der Waals surface area (Å²) in [6.45, 7) is 2.45. The highest BCUT2D eigenvalue weighted by Gasteiger charge is 2.05. The van der Waals surface area contributed by atoms with Crippen LogP contribution < -0.4 is 10.6 Å². The lowest BCUT2D eigenvalue weighted by molar-refractivity contribution is 0.648. The molecule has 0 radical (unpaired) electrons. The number of aromatic nitrogens is 4. The first-order valence-corrected chi connectivity index (χ1v) is 4.59. The van der Waals surface area contributed by atoms with Gasteiger partial charge in [0.2, 0.25) is 0 Å². The molecule has 1 aliphatic rings. The molecule has 0 spiro atoms. The van der Waals surface area contributed by atoms with E-state index in [2.05, 4.69) is 31.2 Å². The lowest BCUT2D eigenvalue weighted by Gasteiger charge is -2.15. The van der Waals surface area contributed by atoms with Gasteiger partial charge in [0.1, 0.15) is 0 Å². The molecule has 0 aromatic carbocycles. The van der Waals surface area contributed by atoms with Crippen molar-refractivity contribution in [1.82, 2.24) is 30.8 Å². The largest absolute Gasteiger partial charge is 0.356 e. The number of hydrogen-bond donors (Lipinski definition) is 2. The monoisotopic (exact) mass is 195 g/mol. The molecule has 1 aromatic rings. The van der Waals surface area contributed by atoms with E-state index in [1.165, 1.54) is 0 Å². The molecule has 7 nitrogen and oxygen atoms in total. The second kappa shape index (κ2) is 4.03. The molecule has 2 rings (SSSR count). The molecule has 0 bridgehead atoms. The summed E-state index contributed by atoms with van der Waals surface area (Å²) in [5.41, 5.74) is 0. The quantitative estimate of drug-likeness (QED) is 0.610. The second-order valence-corrected chi connectivity index (χ2v) is 3.08. The molecule has 0 amide bonds. The predicted octanol–water partition coefficient (Wildman–Crippen LogP) is -1.35. The van der Waals surface area contributed by atoms with Crippen LogP contribution in [0.2, 0.25) is 0 Å². The Morgan fingerprint density at radius 1 is 1.57 bits per heavy atom. The van der Waals surface area contributed by atoms with E-state index in [9.17, 15) is 0 Å². The van der Waals surface area contributed by atoms with Gasteiger partial charge in [-0.1, -0.05) is 0 Å². The number of guanidine groups is 1. The summed E-state index contributed by atoms with van der Waals surface area (Å²) in [4.78, 5) is 4.28. The van der Waals surface area contributed by atoms with Crippen LogP contribution in [0.3, 0.4) is 0 Å². The average Bonchev–Trinajstić information content (AvgIpc) is 2.63. The Kier molecular flexibility index (Phi) is 2.57. The maximum absolute atomic E-state index is 4.28. The van der Waals surface area contributed by atoms with Crippen molar-refractivity contribution in [2.45, 2.75) is 13.0 Å². The van der Waals surface area contributed by atoms with Gasteiger partial charge in [-0.15, -0.1) is 5.10 Å². The molecule has 76 valence electrons. The van der Waals surface area contributed by atoms with E-state index in [1.807, 2.05) is 7.05 Å². The van der Waals surface area contributed by atoms with Crippen molar-refractivity contribution in [3.05, 3.63) is 5.82 Å². The summed E-state index contributed by atoms with van der Waals surface area (Å²) in [7, 11) is 1.81. The summed E-state index contributed by atoms with van der Waals surface area (Å²) in [6, 6.07) is 0. The Labute approximate surface area is 81.6 Å². The summed E-state index contributed by atoms with van der Waals surface area (Å²) >= 11 is 0. The molecule has 0 aliphatic carbocycles. The van der Waals surface area contributed by atoms with Gasteiger partial charge in [-0.3, -0.25) is 4.99 Å². The Morgan fingerprint density at radius 3 is 3.14 bits per heavy atom. The molecule has 14 heavy (non-hydrogen) atoms. The predicted molar refractivity (Wildman–Crippen MR) is 50.6 cm³/mol. The molecule has 2 heterocycles. The standard InChI is InChI=1S/C7H13N7/c1-14-6(11-12-13-14)5-10-7-8-3-2-4-9-7/h2-5H2,1H3,(H2,8,9,10). The molecule has 0 saturated carbocycles. The van der Waals surface area contributed by atoms with Crippen LogP contribution in [0, 0.1) is 0 Å². The molecule has 1 aliphatic heterocycles. The number of rotatable bonds is 2. The molecule has 1 aromatic heterocycles. The number of aryl methyl sites for hydroxylation is 1. The fraction of sp³-hybridized carbons (Fsp3) is 0.714. The highest BCUT2D eigenvalue weighted by atomic mass is 15.5. The van der Waals surface area contributed by atoms with Crippen LogP contribution >= 0.6 is 0 Å². The van der Waals surface area contributed by atoms with Gasteiger partial charge in [0.05, 0.1) is 6.54 Å². The topological polar surface area (TPSA) is 80.0 Å². The van der Waals surface area contributed by atoms with Crippen LogP contribution in [0.15, 0.2) is 4.99 Å². The van der Waals surface area contributed by atoms with Crippen molar-refractivity contribution in [3.63, 3.8) is 0 Å². The lowest BCUT2D eigenvalue weighted by atomic mass is 10.4. The maximum Gasteiger partial charge on any atom is 0.191 e. The van der Waals surface area contributed by atoms with Gasteiger partial charge in [-0.25, -0.2) is 4.68 Å². The Morgan fingerprint density at radius 2 is 2.50 bits per heavy atom. The first-order valence-electron chi connectivity index (χ1n) is 4.59. The SMILES string of the molecule is Cn1nnnc1CNC1=NCCCN1. The first kappa shape index (κ1) is 8.92. The van der Waals surface area contributed by atoms with Crippen LogP contribution in [0.5, 0.6) is 0 Å². The van der Waals surface area contributed by atoms with Crippen LogP contribution in [0.25, 0.3) is 0 Å².